The SMILES string of the molecule is Cc1nnc(-c2ccc3cnc(NC(=O)N4CCC(N5CCOCC5)CC4)cc3c2)s1. The van der Waals surface area contributed by atoms with Crippen LogP contribution in [0.3, 0.4) is 0 Å². The molecule has 2 fully saturated rings. The molecule has 0 bridgehead atoms. The minimum Gasteiger partial charge on any atom is -0.379 e. The summed E-state index contributed by atoms with van der Waals surface area (Å²) in [7, 11) is 0. The Balaban J connectivity index is 1.24. The standard InChI is InChI=1S/C22H26N6O2S/c1-15-25-26-21(31-15)16-2-3-17-14-23-20(13-18(17)12-16)24-22(29)28-6-4-19(5-7-28)27-8-10-30-11-9-27/h2-3,12-14,19H,4-11H2,1H3,(H,23,24,29). The molecule has 3 aromatic rings. The van der Waals surface area contributed by atoms with E-state index in [-0.39, 0.29) is 6.03 Å². The number of benzene rings is 1. The van der Waals surface area contributed by atoms with Gasteiger partial charge in [-0.3, -0.25) is 10.2 Å². The number of urea groups is 1. The van der Waals surface area contributed by atoms with E-state index in [1.807, 2.05) is 30.0 Å². The van der Waals surface area contributed by atoms with Crippen LogP contribution in [0.15, 0.2) is 30.5 Å². The zero-order valence-corrected chi connectivity index (χ0v) is 18.4. The second kappa shape index (κ2) is 8.86. The van der Waals surface area contributed by atoms with Gasteiger partial charge in [0.25, 0.3) is 0 Å². The van der Waals surface area contributed by atoms with Gasteiger partial charge in [-0.25, -0.2) is 9.78 Å². The number of pyridine rings is 1. The molecule has 1 aromatic carbocycles. The van der Waals surface area contributed by atoms with Gasteiger partial charge in [-0.1, -0.05) is 23.5 Å². The third-order valence-corrected chi connectivity index (χ3v) is 6.93. The lowest BCUT2D eigenvalue weighted by atomic mass is 10.0. The molecule has 0 radical (unpaired) electrons. The van der Waals surface area contributed by atoms with Crippen LogP contribution in [0.5, 0.6) is 0 Å². The number of aryl methyl sites for hydroxylation is 1. The van der Waals surface area contributed by atoms with Crippen LogP contribution in [0, 0.1) is 6.92 Å². The number of aromatic nitrogens is 3. The molecule has 9 heteroatoms. The van der Waals surface area contributed by atoms with Crippen molar-refractivity contribution in [2.45, 2.75) is 25.8 Å². The Morgan fingerprint density at radius 2 is 1.90 bits per heavy atom. The van der Waals surface area contributed by atoms with Crippen molar-refractivity contribution in [2.75, 3.05) is 44.7 Å². The molecular weight excluding hydrogens is 412 g/mol. The molecule has 31 heavy (non-hydrogen) atoms. The number of carbonyl (C=O) groups excluding carboxylic acids is 1. The average Bonchev–Trinajstić information content (AvgIpc) is 3.25. The van der Waals surface area contributed by atoms with Gasteiger partial charge in [0.05, 0.1) is 13.2 Å². The van der Waals surface area contributed by atoms with Gasteiger partial charge in [-0.2, -0.15) is 0 Å². The first-order valence-electron chi connectivity index (χ1n) is 10.7. The highest BCUT2D eigenvalue weighted by molar-refractivity contribution is 7.14. The number of hydrogen-bond acceptors (Lipinski definition) is 7. The first-order chi connectivity index (χ1) is 15.2. The Morgan fingerprint density at radius 1 is 1.10 bits per heavy atom. The van der Waals surface area contributed by atoms with Crippen LogP contribution in [-0.2, 0) is 4.74 Å². The molecule has 162 valence electrons. The molecule has 2 aliphatic heterocycles. The monoisotopic (exact) mass is 438 g/mol. The first-order valence-corrected chi connectivity index (χ1v) is 11.6. The van der Waals surface area contributed by atoms with Crippen molar-refractivity contribution < 1.29 is 9.53 Å². The highest BCUT2D eigenvalue weighted by Gasteiger charge is 2.28. The average molecular weight is 439 g/mol. The van der Waals surface area contributed by atoms with Gasteiger partial charge in [0.15, 0.2) is 0 Å². The van der Waals surface area contributed by atoms with Gasteiger partial charge in [0, 0.05) is 49.4 Å². The van der Waals surface area contributed by atoms with Gasteiger partial charge in [0.1, 0.15) is 15.8 Å². The molecule has 2 saturated heterocycles. The molecule has 0 atom stereocenters. The van der Waals surface area contributed by atoms with Gasteiger partial charge >= 0.3 is 6.03 Å². The van der Waals surface area contributed by atoms with Crippen LogP contribution in [0.2, 0.25) is 0 Å². The predicted molar refractivity (Wildman–Crippen MR) is 121 cm³/mol. The third-order valence-electron chi connectivity index (χ3n) is 6.04. The van der Waals surface area contributed by atoms with E-state index in [1.165, 1.54) is 0 Å². The second-order valence-electron chi connectivity index (χ2n) is 8.05. The van der Waals surface area contributed by atoms with Crippen molar-refractivity contribution in [3.63, 3.8) is 0 Å². The van der Waals surface area contributed by atoms with E-state index < -0.39 is 0 Å². The number of fused-ring (bicyclic) bond motifs is 1. The minimum atomic E-state index is -0.0804. The smallest absolute Gasteiger partial charge is 0.323 e. The predicted octanol–water partition coefficient (Wildman–Crippen LogP) is 3.39. The number of anilines is 1. The van der Waals surface area contributed by atoms with Crippen molar-refractivity contribution in [1.29, 1.82) is 0 Å². The maximum Gasteiger partial charge on any atom is 0.323 e. The molecule has 5 rings (SSSR count). The van der Waals surface area contributed by atoms with E-state index in [9.17, 15) is 4.79 Å². The molecule has 0 unspecified atom stereocenters. The number of morpholine rings is 1. The quantitative estimate of drug-likeness (QED) is 0.675. The molecule has 2 amide bonds. The fourth-order valence-electron chi connectivity index (χ4n) is 4.32. The summed E-state index contributed by atoms with van der Waals surface area (Å²) in [6.07, 6.45) is 3.80. The highest BCUT2D eigenvalue weighted by Crippen LogP contribution is 2.27. The second-order valence-corrected chi connectivity index (χ2v) is 9.24. The lowest BCUT2D eigenvalue weighted by molar-refractivity contribution is 0.00419. The van der Waals surface area contributed by atoms with Crippen molar-refractivity contribution in [3.8, 4) is 10.6 Å². The summed E-state index contributed by atoms with van der Waals surface area (Å²) in [5.41, 5.74) is 1.02. The number of nitrogens with one attached hydrogen (secondary N) is 1. The molecule has 2 aliphatic rings. The fourth-order valence-corrected chi connectivity index (χ4v) is 5.01. The molecule has 0 aliphatic carbocycles. The number of piperidine rings is 1. The van der Waals surface area contributed by atoms with Gasteiger partial charge in [-0.05, 0) is 37.3 Å². The van der Waals surface area contributed by atoms with Crippen LogP contribution in [0.1, 0.15) is 17.8 Å². The summed E-state index contributed by atoms with van der Waals surface area (Å²) < 4.78 is 5.45. The molecular formula is C22H26N6O2S. The molecule has 0 spiro atoms. The van der Waals surface area contributed by atoms with Crippen LogP contribution in [0.4, 0.5) is 10.6 Å². The largest absolute Gasteiger partial charge is 0.379 e. The zero-order valence-electron chi connectivity index (χ0n) is 17.6. The van der Waals surface area contributed by atoms with E-state index in [0.717, 1.165) is 78.6 Å². The van der Waals surface area contributed by atoms with Crippen LogP contribution < -0.4 is 5.32 Å². The molecule has 2 aromatic heterocycles. The topological polar surface area (TPSA) is 83.5 Å². The van der Waals surface area contributed by atoms with Crippen molar-refractivity contribution >= 4 is 34.0 Å². The number of rotatable bonds is 3. The van der Waals surface area contributed by atoms with E-state index in [0.29, 0.717) is 11.9 Å². The number of hydrogen-bond donors (Lipinski definition) is 1. The number of amides is 2. The summed E-state index contributed by atoms with van der Waals surface area (Å²) >= 11 is 1.57. The lowest BCUT2D eigenvalue weighted by Crippen LogP contribution is -2.50. The molecule has 4 heterocycles. The van der Waals surface area contributed by atoms with E-state index in [2.05, 4.69) is 31.5 Å². The molecule has 0 saturated carbocycles. The summed E-state index contributed by atoms with van der Waals surface area (Å²) in [5, 5.41) is 15.2. The minimum absolute atomic E-state index is 0.0804. The summed E-state index contributed by atoms with van der Waals surface area (Å²) in [6.45, 7) is 7.10. The molecule has 1 N–H and O–H groups in total. The normalized spacial score (nSPS) is 18.4. The summed E-state index contributed by atoms with van der Waals surface area (Å²) in [5.74, 6) is 0.568. The van der Waals surface area contributed by atoms with Gasteiger partial charge < -0.3 is 9.64 Å². The Labute approximate surface area is 185 Å². The summed E-state index contributed by atoms with van der Waals surface area (Å²) in [4.78, 5) is 21.6. The zero-order chi connectivity index (χ0) is 21.2. The Bertz CT molecular complexity index is 1070. The van der Waals surface area contributed by atoms with Gasteiger partial charge in [0.2, 0.25) is 0 Å². The number of ether oxygens (including phenoxy) is 1. The van der Waals surface area contributed by atoms with Crippen LogP contribution in [0.25, 0.3) is 21.3 Å². The Hall–Kier alpha value is -2.62. The summed E-state index contributed by atoms with van der Waals surface area (Å²) in [6, 6.07) is 8.51. The lowest BCUT2D eigenvalue weighted by Gasteiger charge is -2.39. The van der Waals surface area contributed by atoms with Crippen molar-refractivity contribution in [3.05, 3.63) is 35.5 Å². The number of carbonyl (C=O) groups is 1. The highest BCUT2D eigenvalue weighted by atomic mass is 32.1. The van der Waals surface area contributed by atoms with E-state index >= 15 is 0 Å². The molecule has 8 nitrogen and oxygen atoms in total. The Morgan fingerprint density at radius 3 is 2.65 bits per heavy atom. The van der Waals surface area contributed by atoms with E-state index in [4.69, 9.17) is 4.74 Å². The van der Waals surface area contributed by atoms with Gasteiger partial charge in [-0.15, -0.1) is 10.2 Å². The van der Waals surface area contributed by atoms with Crippen LogP contribution >= 0.6 is 11.3 Å². The number of likely N-dealkylation sites (tertiary alicyclic amines) is 1. The number of nitrogens with zero attached hydrogens (tertiary/aromatic N) is 5. The maximum absolute atomic E-state index is 12.8. The third kappa shape index (κ3) is 4.53. The van der Waals surface area contributed by atoms with Crippen LogP contribution in [-0.4, -0.2) is 76.4 Å². The first kappa shape index (κ1) is 20.3. The van der Waals surface area contributed by atoms with E-state index in [1.54, 1.807) is 17.5 Å². The maximum atomic E-state index is 12.8. The Kier molecular flexibility index (Phi) is 5.80. The fraction of sp³-hybridized carbons (Fsp3) is 0.455. The van der Waals surface area contributed by atoms with Crippen molar-refractivity contribution in [1.82, 2.24) is 25.0 Å². The van der Waals surface area contributed by atoms with Crippen molar-refractivity contribution in [2.24, 2.45) is 0 Å².